The zero-order valence-electron chi connectivity index (χ0n) is 17.5. The van der Waals surface area contributed by atoms with E-state index in [-0.39, 0.29) is 25.0 Å². The molecule has 2 aromatic rings. The average molecular weight is 408 g/mol. The van der Waals surface area contributed by atoms with Crippen LogP contribution in [0.4, 0.5) is 0 Å². The van der Waals surface area contributed by atoms with Crippen molar-refractivity contribution in [3.8, 4) is 0 Å². The number of rotatable bonds is 5. The lowest BCUT2D eigenvalue weighted by Crippen LogP contribution is -2.59. The van der Waals surface area contributed by atoms with Crippen molar-refractivity contribution in [3.63, 3.8) is 0 Å². The zero-order valence-corrected chi connectivity index (χ0v) is 17.5. The standard InChI is InChI=1S/C24H29N3O3/c1-19-7-9-21(10-8-19)15-25-11-13-26(14-12-25)24(29)22-17-30-18-23(28)27(22)16-20-5-3-2-4-6-20/h2-10,22H,11-18H2,1H3/t22-/m0/s1. The minimum atomic E-state index is -0.546. The SMILES string of the molecule is Cc1ccc(CN2CCN(C(=O)[C@@H]3COCC(=O)N3Cc3ccccc3)CC2)cc1. The average Bonchev–Trinajstić information content (AvgIpc) is 2.77. The third kappa shape index (κ3) is 4.89. The number of ether oxygens (including phenoxy) is 1. The lowest BCUT2D eigenvalue weighted by atomic mass is 10.1. The van der Waals surface area contributed by atoms with E-state index in [4.69, 9.17) is 4.74 Å². The molecule has 2 heterocycles. The molecular weight excluding hydrogens is 378 g/mol. The minimum absolute atomic E-state index is 0.00559. The molecule has 0 N–H and O–H groups in total. The second-order valence-corrected chi connectivity index (χ2v) is 8.13. The minimum Gasteiger partial charge on any atom is -0.369 e. The number of benzene rings is 2. The maximum absolute atomic E-state index is 13.2. The van der Waals surface area contributed by atoms with Gasteiger partial charge in [-0.2, -0.15) is 0 Å². The van der Waals surface area contributed by atoms with Crippen LogP contribution in [0.25, 0.3) is 0 Å². The van der Waals surface area contributed by atoms with E-state index in [1.807, 2.05) is 35.2 Å². The fourth-order valence-electron chi connectivity index (χ4n) is 4.08. The summed E-state index contributed by atoms with van der Waals surface area (Å²) in [6.45, 7) is 6.75. The Hall–Kier alpha value is -2.70. The molecule has 0 aliphatic carbocycles. The molecule has 0 saturated carbocycles. The first kappa shape index (κ1) is 20.6. The van der Waals surface area contributed by atoms with Crippen molar-refractivity contribution in [2.45, 2.75) is 26.1 Å². The molecule has 158 valence electrons. The van der Waals surface area contributed by atoms with Crippen LogP contribution in [0.2, 0.25) is 0 Å². The number of nitrogens with zero attached hydrogens (tertiary/aromatic N) is 3. The Morgan fingerprint density at radius 2 is 1.60 bits per heavy atom. The Morgan fingerprint density at radius 3 is 2.30 bits per heavy atom. The van der Waals surface area contributed by atoms with E-state index in [9.17, 15) is 9.59 Å². The van der Waals surface area contributed by atoms with Crippen LogP contribution < -0.4 is 0 Å². The molecule has 2 aliphatic rings. The van der Waals surface area contributed by atoms with Crippen LogP contribution in [-0.4, -0.2) is 71.9 Å². The number of hydrogen-bond acceptors (Lipinski definition) is 4. The lowest BCUT2D eigenvalue weighted by Gasteiger charge is -2.40. The Labute approximate surface area is 178 Å². The van der Waals surface area contributed by atoms with Gasteiger partial charge >= 0.3 is 0 Å². The number of amides is 2. The van der Waals surface area contributed by atoms with Crippen molar-refractivity contribution < 1.29 is 14.3 Å². The maximum Gasteiger partial charge on any atom is 0.249 e. The number of carbonyl (C=O) groups excluding carboxylic acids is 2. The second-order valence-electron chi connectivity index (χ2n) is 8.13. The normalized spacial score (nSPS) is 20.4. The molecule has 0 aromatic heterocycles. The Kier molecular flexibility index (Phi) is 6.45. The second kappa shape index (κ2) is 9.41. The van der Waals surface area contributed by atoms with Gasteiger partial charge in [-0.25, -0.2) is 0 Å². The summed E-state index contributed by atoms with van der Waals surface area (Å²) in [7, 11) is 0. The van der Waals surface area contributed by atoms with Crippen LogP contribution in [0.5, 0.6) is 0 Å². The molecule has 2 saturated heterocycles. The van der Waals surface area contributed by atoms with Gasteiger partial charge in [0.25, 0.3) is 0 Å². The van der Waals surface area contributed by atoms with E-state index in [0.717, 1.165) is 25.2 Å². The number of aryl methyl sites for hydroxylation is 1. The fourth-order valence-corrected chi connectivity index (χ4v) is 4.08. The summed E-state index contributed by atoms with van der Waals surface area (Å²) in [5, 5.41) is 0. The molecule has 0 unspecified atom stereocenters. The molecule has 4 rings (SSSR count). The van der Waals surface area contributed by atoms with Crippen LogP contribution in [0.1, 0.15) is 16.7 Å². The number of piperazine rings is 1. The predicted molar refractivity (Wildman–Crippen MR) is 115 cm³/mol. The Balaban J connectivity index is 1.36. The largest absolute Gasteiger partial charge is 0.369 e. The van der Waals surface area contributed by atoms with Crippen LogP contribution in [0.15, 0.2) is 54.6 Å². The fraction of sp³-hybridized carbons (Fsp3) is 0.417. The summed E-state index contributed by atoms with van der Waals surface area (Å²) in [5.74, 6) is -0.129. The molecular formula is C24H29N3O3. The third-order valence-corrected chi connectivity index (χ3v) is 5.89. The number of hydrogen-bond donors (Lipinski definition) is 0. The van der Waals surface area contributed by atoms with Crippen LogP contribution in [0, 0.1) is 6.92 Å². The van der Waals surface area contributed by atoms with Gasteiger partial charge in [-0.15, -0.1) is 0 Å². The van der Waals surface area contributed by atoms with E-state index < -0.39 is 6.04 Å². The van der Waals surface area contributed by atoms with Crippen LogP contribution in [-0.2, 0) is 27.4 Å². The summed E-state index contributed by atoms with van der Waals surface area (Å²) >= 11 is 0. The zero-order chi connectivity index (χ0) is 20.9. The topological polar surface area (TPSA) is 53.1 Å². The monoisotopic (exact) mass is 407 g/mol. The molecule has 2 fully saturated rings. The quantitative estimate of drug-likeness (QED) is 0.762. The molecule has 6 heteroatoms. The van der Waals surface area contributed by atoms with E-state index in [2.05, 4.69) is 36.1 Å². The van der Waals surface area contributed by atoms with Gasteiger partial charge in [-0.05, 0) is 18.1 Å². The highest BCUT2D eigenvalue weighted by atomic mass is 16.5. The molecule has 0 radical (unpaired) electrons. The summed E-state index contributed by atoms with van der Waals surface area (Å²) in [5.41, 5.74) is 3.58. The molecule has 2 aliphatic heterocycles. The van der Waals surface area contributed by atoms with Crippen molar-refractivity contribution in [2.75, 3.05) is 39.4 Å². The van der Waals surface area contributed by atoms with Crippen molar-refractivity contribution in [1.82, 2.24) is 14.7 Å². The van der Waals surface area contributed by atoms with Crippen LogP contribution in [0.3, 0.4) is 0 Å². The van der Waals surface area contributed by atoms with Crippen molar-refractivity contribution in [1.29, 1.82) is 0 Å². The van der Waals surface area contributed by atoms with Gasteiger partial charge in [0.2, 0.25) is 11.8 Å². The van der Waals surface area contributed by atoms with Gasteiger partial charge in [0.05, 0.1) is 6.61 Å². The number of morpholine rings is 1. The van der Waals surface area contributed by atoms with Gasteiger partial charge in [0, 0.05) is 39.3 Å². The maximum atomic E-state index is 13.2. The molecule has 0 spiro atoms. The van der Waals surface area contributed by atoms with Gasteiger partial charge in [-0.1, -0.05) is 60.2 Å². The van der Waals surface area contributed by atoms with E-state index >= 15 is 0 Å². The number of carbonyl (C=O) groups is 2. The lowest BCUT2D eigenvalue weighted by molar-refractivity contribution is -0.160. The summed E-state index contributed by atoms with van der Waals surface area (Å²) in [6.07, 6.45) is 0. The smallest absolute Gasteiger partial charge is 0.249 e. The van der Waals surface area contributed by atoms with E-state index in [0.29, 0.717) is 19.6 Å². The first-order chi connectivity index (χ1) is 14.6. The molecule has 30 heavy (non-hydrogen) atoms. The Morgan fingerprint density at radius 1 is 0.933 bits per heavy atom. The molecule has 2 aromatic carbocycles. The Bertz CT molecular complexity index is 861. The summed E-state index contributed by atoms with van der Waals surface area (Å²) < 4.78 is 5.43. The molecule has 0 bridgehead atoms. The molecule has 1 atom stereocenters. The van der Waals surface area contributed by atoms with E-state index in [1.165, 1.54) is 11.1 Å². The van der Waals surface area contributed by atoms with Gasteiger partial charge in [-0.3, -0.25) is 14.5 Å². The van der Waals surface area contributed by atoms with Crippen LogP contribution >= 0.6 is 0 Å². The highest BCUT2D eigenvalue weighted by molar-refractivity contribution is 5.89. The van der Waals surface area contributed by atoms with Crippen molar-refractivity contribution >= 4 is 11.8 Å². The van der Waals surface area contributed by atoms with Gasteiger partial charge in [0.1, 0.15) is 12.6 Å². The first-order valence-corrected chi connectivity index (χ1v) is 10.6. The highest BCUT2D eigenvalue weighted by Crippen LogP contribution is 2.17. The third-order valence-electron chi connectivity index (χ3n) is 5.89. The van der Waals surface area contributed by atoms with Crippen molar-refractivity contribution in [2.24, 2.45) is 0 Å². The molecule has 2 amide bonds. The van der Waals surface area contributed by atoms with Gasteiger partial charge < -0.3 is 14.5 Å². The first-order valence-electron chi connectivity index (χ1n) is 10.6. The summed E-state index contributed by atoms with van der Waals surface area (Å²) in [4.78, 5) is 31.7. The summed E-state index contributed by atoms with van der Waals surface area (Å²) in [6, 6.07) is 17.9. The van der Waals surface area contributed by atoms with Gasteiger partial charge in [0.15, 0.2) is 0 Å². The predicted octanol–water partition coefficient (Wildman–Crippen LogP) is 2.07. The van der Waals surface area contributed by atoms with Crippen molar-refractivity contribution in [3.05, 3.63) is 71.3 Å². The molecule has 6 nitrogen and oxygen atoms in total. The van der Waals surface area contributed by atoms with E-state index in [1.54, 1.807) is 4.90 Å². The highest BCUT2D eigenvalue weighted by Gasteiger charge is 2.37.